The first kappa shape index (κ1) is 14.8. The van der Waals surface area contributed by atoms with Crippen molar-refractivity contribution in [3.05, 3.63) is 23.9 Å². The summed E-state index contributed by atoms with van der Waals surface area (Å²) in [6.07, 6.45) is 2.52. The molecule has 0 aromatic carbocycles. The molecule has 0 atom stereocenters. The molecule has 0 bridgehead atoms. The Morgan fingerprint density at radius 2 is 2.25 bits per heavy atom. The number of ether oxygens (including phenoxy) is 1. The summed E-state index contributed by atoms with van der Waals surface area (Å²) in [5, 5.41) is 3.17. The van der Waals surface area contributed by atoms with Gasteiger partial charge < -0.3 is 15.0 Å². The highest BCUT2D eigenvalue weighted by Gasteiger charge is 2.25. The Hall–Kier alpha value is -1.62. The Morgan fingerprint density at radius 3 is 2.90 bits per heavy atom. The highest BCUT2D eigenvalue weighted by Crippen LogP contribution is 2.24. The van der Waals surface area contributed by atoms with Crippen LogP contribution < -0.4 is 5.32 Å². The normalized spacial score (nSPS) is 14.7. The summed E-state index contributed by atoms with van der Waals surface area (Å²) in [6, 6.07) is 6.30. The number of aromatic nitrogens is 1. The van der Waals surface area contributed by atoms with Crippen molar-refractivity contribution in [3.8, 4) is 0 Å². The van der Waals surface area contributed by atoms with Gasteiger partial charge in [-0.2, -0.15) is 0 Å². The molecule has 0 spiro atoms. The van der Waals surface area contributed by atoms with Crippen LogP contribution in [0.25, 0.3) is 0 Å². The Morgan fingerprint density at radius 1 is 1.50 bits per heavy atom. The van der Waals surface area contributed by atoms with Crippen molar-refractivity contribution in [1.29, 1.82) is 0 Å². The third kappa shape index (κ3) is 4.49. The molecular formula is C15H23N3O2. The fourth-order valence-corrected chi connectivity index (χ4v) is 1.98. The van der Waals surface area contributed by atoms with Crippen LogP contribution in [0.4, 0.5) is 5.82 Å². The van der Waals surface area contributed by atoms with Crippen LogP contribution in [0, 0.1) is 0 Å². The average molecular weight is 277 g/mol. The van der Waals surface area contributed by atoms with E-state index in [0.717, 1.165) is 6.54 Å². The number of rotatable bonds is 7. The standard InChI is InChI=1S/C15H23N3O2/c1-11(2)16-14-6-4-5-13(17-14)15(19)20-10-9-18(3)12-7-8-12/h4-6,11-12H,7-10H2,1-3H3,(H,16,17). The number of likely N-dealkylation sites (N-methyl/N-ethyl adjacent to an activating group) is 1. The van der Waals surface area contributed by atoms with Gasteiger partial charge in [0.2, 0.25) is 0 Å². The highest BCUT2D eigenvalue weighted by molar-refractivity contribution is 5.87. The third-order valence-corrected chi connectivity index (χ3v) is 3.24. The second-order valence-electron chi connectivity index (χ2n) is 5.55. The summed E-state index contributed by atoms with van der Waals surface area (Å²) >= 11 is 0. The second kappa shape index (κ2) is 6.70. The van der Waals surface area contributed by atoms with Gasteiger partial charge in [-0.3, -0.25) is 0 Å². The monoisotopic (exact) mass is 277 g/mol. The highest BCUT2D eigenvalue weighted by atomic mass is 16.5. The van der Waals surface area contributed by atoms with Crippen molar-refractivity contribution in [3.63, 3.8) is 0 Å². The van der Waals surface area contributed by atoms with Crippen molar-refractivity contribution in [2.24, 2.45) is 0 Å². The maximum atomic E-state index is 11.9. The number of hydrogen-bond acceptors (Lipinski definition) is 5. The van der Waals surface area contributed by atoms with Crippen LogP contribution in [-0.2, 0) is 4.74 Å². The number of esters is 1. The van der Waals surface area contributed by atoms with Gasteiger partial charge in [-0.25, -0.2) is 9.78 Å². The van der Waals surface area contributed by atoms with Crippen LogP contribution in [0.1, 0.15) is 37.2 Å². The molecule has 1 aromatic heterocycles. The van der Waals surface area contributed by atoms with Gasteiger partial charge in [0.1, 0.15) is 12.4 Å². The van der Waals surface area contributed by atoms with Crippen molar-refractivity contribution in [2.45, 2.75) is 38.8 Å². The minimum atomic E-state index is -0.360. The van der Waals surface area contributed by atoms with Crippen LogP contribution in [0.5, 0.6) is 0 Å². The second-order valence-corrected chi connectivity index (χ2v) is 5.55. The molecule has 1 aliphatic rings. The SMILES string of the molecule is CC(C)Nc1cccc(C(=O)OCCN(C)C2CC2)n1. The first-order valence-corrected chi connectivity index (χ1v) is 7.17. The number of anilines is 1. The van der Waals surface area contributed by atoms with Gasteiger partial charge in [0, 0.05) is 18.6 Å². The number of carbonyl (C=O) groups is 1. The first-order valence-electron chi connectivity index (χ1n) is 7.17. The Balaban J connectivity index is 1.81. The van der Waals surface area contributed by atoms with E-state index in [-0.39, 0.29) is 12.0 Å². The molecular weight excluding hydrogens is 254 g/mol. The van der Waals surface area contributed by atoms with Crippen LogP contribution in [0.2, 0.25) is 0 Å². The zero-order chi connectivity index (χ0) is 14.5. The summed E-state index contributed by atoms with van der Waals surface area (Å²) in [4.78, 5) is 18.4. The smallest absolute Gasteiger partial charge is 0.357 e. The summed E-state index contributed by atoms with van der Waals surface area (Å²) in [7, 11) is 2.07. The van der Waals surface area contributed by atoms with Crippen LogP contribution in [-0.4, -0.2) is 48.1 Å². The molecule has 2 rings (SSSR count). The Bertz CT molecular complexity index is 458. The number of nitrogens with zero attached hydrogens (tertiary/aromatic N) is 2. The van der Waals surface area contributed by atoms with Crippen LogP contribution in [0.15, 0.2) is 18.2 Å². The summed E-state index contributed by atoms with van der Waals surface area (Å²) in [5.41, 5.74) is 0.352. The average Bonchev–Trinajstić information content (AvgIpc) is 3.22. The van der Waals surface area contributed by atoms with Crippen molar-refractivity contribution >= 4 is 11.8 Å². The lowest BCUT2D eigenvalue weighted by atomic mass is 10.3. The largest absolute Gasteiger partial charge is 0.460 e. The zero-order valence-electron chi connectivity index (χ0n) is 12.4. The van der Waals surface area contributed by atoms with Crippen molar-refractivity contribution < 1.29 is 9.53 Å². The molecule has 20 heavy (non-hydrogen) atoms. The molecule has 1 saturated carbocycles. The molecule has 0 radical (unpaired) electrons. The number of nitrogens with one attached hydrogen (secondary N) is 1. The van der Waals surface area contributed by atoms with E-state index < -0.39 is 0 Å². The number of carbonyl (C=O) groups excluding carboxylic acids is 1. The molecule has 0 amide bonds. The molecule has 0 saturated heterocycles. The van der Waals surface area contributed by atoms with Gasteiger partial charge in [0.05, 0.1) is 0 Å². The van der Waals surface area contributed by atoms with Crippen LogP contribution in [0.3, 0.4) is 0 Å². The van der Waals surface area contributed by atoms with Gasteiger partial charge in [-0.1, -0.05) is 6.07 Å². The van der Waals surface area contributed by atoms with Gasteiger partial charge >= 0.3 is 5.97 Å². The Kier molecular flexibility index (Phi) is 4.95. The predicted octanol–water partition coefficient (Wildman–Crippen LogP) is 2.15. The fourth-order valence-electron chi connectivity index (χ4n) is 1.98. The lowest BCUT2D eigenvalue weighted by molar-refractivity contribution is 0.0463. The maximum Gasteiger partial charge on any atom is 0.357 e. The number of hydrogen-bond donors (Lipinski definition) is 1. The molecule has 5 heteroatoms. The lowest BCUT2D eigenvalue weighted by Crippen LogP contribution is -2.26. The predicted molar refractivity (Wildman–Crippen MR) is 78.9 cm³/mol. The van der Waals surface area contributed by atoms with Gasteiger partial charge in [-0.15, -0.1) is 0 Å². The first-order chi connectivity index (χ1) is 9.56. The molecule has 1 heterocycles. The van der Waals surface area contributed by atoms with E-state index in [1.54, 1.807) is 6.07 Å². The number of pyridine rings is 1. The zero-order valence-corrected chi connectivity index (χ0v) is 12.4. The fraction of sp³-hybridized carbons (Fsp3) is 0.600. The summed E-state index contributed by atoms with van der Waals surface area (Å²) in [6.45, 7) is 5.25. The van der Waals surface area contributed by atoms with Gasteiger partial charge in [-0.05, 0) is 45.9 Å². The van der Waals surface area contributed by atoms with Gasteiger partial charge in [0.15, 0.2) is 5.69 Å². The molecule has 0 aliphatic heterocycles. The molecule has 1 aliphatic carbocycles. The van der Waals surface area contributed by atoms with E-state index >= 15 is 0 Å². The molecule has 110 valence electrons. The van der Waals surface area contributed by atoms with E-state index in [1.165, 1.54) is 12.8 Å². The summed E-state index contributed by atoms with van der Waals surface area (Å²) in [5.74, 6) is 0.339. The summed E-state index contributed by atoms with van der Waals surface area (Å²) < 4.78 is 5.27. The van der Waals surface area contributed by atoms with E-state index in [2.05, 4.69) is 22.2 Å². The minimum absolute atomic E-state index is 0.279. The van der Waals surface area contributed by atoms with E-state index in [1.807, 2.05) is 26.0 Å². The van der Waals surface area contributed by atoms with E-state index in [4.69, 9.17) is 4.74 Å². The molecule has 1 N–H and O–H groups in total. The van der Waals surface area contributed by atoms with Crippen molar-refractivity contribution in [2.75, 3.05) is 25.5 Å². The molecule has 5 nitrogen and oxygen atoms in total. The maximum absolute atomic E-state index is 11.9. The van der Waals surface area contributed by atoms with Crippen LogP contribution >= 0.6 is 0 Å². The molecule has 1 fully saturated rings. The third-order valence-electron chi connectivity index (χ3n) is 3.24. The quantitative estimate of drug-likeness (QED) is 0.774. The van der Waals surface area contributed by atoms with E-state index in [9.17, 15) is 4.79 Å². The minimum Gasteiger partial charge on any atom is -0.460 e. The molecule has 1 aromatic rings. The van der Waals surface area contributed by atoms with Crippen molar-refractivity contribution in [1.82, 2.24) is 9.88 Å². The molecule has 0 unspecified atom stereocenters. The topological polar surface area (TPSA) is 54.5 Å². The lowest BCUT2D eigenvalue weighted by Gasteiger charge is -2.15. The Labute approximate surface area is 120 Å². The van der Waals surface area contributed by atoms with E-state index in [0.29, 0.717) is 24.2 Å². The van der Waals surface area contributed by atoms with Gasteiger partial charge in [0.25, 0.3) is 0 Å².